The summed E-state index contributed by atoms with van der Waals surface area (Å²) in [5.74, 6) is 2.93. The lowest BCUT2D eigenvalue weighted by atomic mass is 9.54. The van der Waals surface area contributed by atoms with Crippen LogP contribution in [0, 0.1) is 17.3 Å². The minimum Gasteiger partial charge on any atom is -0.497 e. The third-order valence-corrected chi connectivity index (χ3v) is 6.64. The van der Waals surface area contributed by atoms with E-state index in [0.717, 1.165) is 18.6 Å². The molecule has 0 spiro atoms. The highest BCUT2D eigenvalue weighted by Gasteiger charge is 2.48. The summed E-state index contributed by atoms with van der Waals surface area (Å²) in [6, 6.07) is 6.61. The van der Waals surface area contributed by atoms with Crippen molar-refractivity contribution in [2.24, 2.45) is 17.3 Å². The normalized spacial score (nSPS) is 36.5. The number of hydrogen-bond acceptors (Lipinski definition) is 2. The van der Waals surface area contributed by atoms with Crippen LogP contribution in [-0.2, 0) is 6.42 Å². The molecule has 5 atom stereocenters. The van der Waals surface area contributed by atoms with Gasteiger partial charge in [0.1, 0.15) is 5.75 Å². The smallest absolute Gasteiger partial charge is 0.119 e. The van der Waals surface area contributed by atoms with E-state index in [2.05, 4.69) is 32.0 Å². The second-order valence-corrected chi connectivity index (χ2v) is 7.38. The number of methoxy groups -OCH3 is 1. The Kier molecular flexibility index (Phi) is 3.77. The van der Waals surface area contributed by atoms with Crippen LogP contribution < -0.4 is 4.74 Å². The van der Waals surface area contributed by atoms with Crippen molar-refractivity contribution < 1.29 is 9.84 Å². The van der Waals surface area contributed by atoms with Gasteiger partial charge < -0.3 is 9.84 Å². The second-order valence-electron chi connectivity index (χ2n) is 7.38. The molecular weight excluding hydrogens is 260 g/mol. The first-order chi connectivity index (χ1) is 9.97. The molecule has 0 amide bonds. The first kappa shape index (κ1) is 14.9. The molecular formula is C19H28O2. The van der Waals surface area contributed by atoms with E-state index in [-0.39, 0.29) is 11.5 Å². The monoisotopic (exact) mass is 288 g/mol. The molecule has 2 aliphatic carbocycles. The summed E-state index contributed by atoms with van der Waals surface area (Å²) in [5, 5.41) is 10.2. The second kappa shape index (κ2) is 5.31. The molecule has 1 aromatic carbocycles. The molecule has 2 nitrogen and oxygen atoms in total. The van der Waals surface area contributed by atoms with E-state index < -0.39 is 0 Å². The highest BCUT2D eigenvalue weighted by Crippen LogP contribution is 2.55. The molecule has 3 rings (SSSR count). The van der Waals surface area contributed by atoms with Gasteiger partial charge in [0, 0.05) is 0 Å². The van der Waals surface area contributed by atoms with E-state index in [1.165, 1.54) is 24.0 Å². The molecule has 0 radical (unpaired) electrons. The Hall–Kier alpha value is -1.02. The van der Waals surface area contributed by atoms with Gasteiger partial charge in [-0.15, -0.1) is 0 Å². The highest BCUT2D eigenvalue weighted by atomic mass is 16.5. The summed E-state index contributed by atoms with van der Waals surface area (Å²) in [7, 11) is 1.74. The Morgan fingerprint density at radius 2 is 2.10 bits per heavy atom. The summed E-state index contributed by atoms with van der Waals surface area (Å²) in [5.41, 5.74) is 3.08. The summed E-state index contributed by atoms with van der Waals surface area (Å²) >= 11 is 0. The minimum atomic E-state index is -0.217. The Balaban J connectivity index is 1.92. The SMILES string of the molecule is COc1ccc2c(c1)CC[C@@H]1[C@@H]2CC[C@](C)(C(C)O)[C@H]1C. The number of rotatable bonds is 2. The summed E-state index contributed by atoms with van der Waals surface area (Å²) in [4.78, 5) is 0. The average molecular weight is 288 g/mol. The van der Waals surface area contributed by atoms with Gasteiger partial charge in [0.2, 0.25) is 0 Å². The number of ether oxygens (including phenoxy) is 1. The zero-order valence-electron chi connectivity index (χ0n) is 13.7. The summed E-state index contributed by atoms with van der Waals surface area (Å²) in [6.45, 7) is 6.61. The molecule has 1 fully saturated rings. The molecule has 1 unspecified atom stereocenters. The number of aryl methyl sites for hydroxylation is 1. The highest BCUT2D eigenvalue weighted by molar-refractivity contribution is 5.40. The van der Waals surface area contributed by atoms with Gasteiger partial charge >= 0.3 is 0 Å². The van der Waals surface area contributed by atoms with Crippen molar-refractivity contribution in [3.05, 3.63) is 29.3 Å². The maximum atomic E-state index is 10.2. The average Bonchev–Trinajstić information content (AvgIpc) is 2.49. The molecule has 0 aromatic heterocycles. The van der Waals surface area contributed by atoms with Crippen LogP contribution in [0.25, 0.3) is 0 Å². The van der Waals surface area contributed by atoms with Crippen LogP contribution in [0.15, 0.2) is 18.2 Å². The molecule has 116 valence electrons. The number of fused-ring (bicyclic) bond motifs is 3. The maximum absolute atomic E-state index is 10.2. The van der Waals surface area contributed by atoms with Gasteiger partial charge in [-0.1, -0.05) is 19.9 Å². The molecule has 0 bridgehead atoms. The third-order valence-electron chi connectivity index (χ3n) is 6.64. The zero-order chi connectivity index (χ0) is 15.2. The van der Waals surface area contributed by atoms with E-state index in [0.29, 0.717) is 17.8 Å². The first-order valence-corrected chi connectivity index (χ1v) is 8.32. The van der Waals surface area contributed by atoms with Crippen molar-refractivity contribution in [1.29, 1.82) is 0 Å². The van der Waals surface area contributed by atoms with Gasteiger partial charge in [-0.25, -0.2) is 0 Å². The summed E-state index contributed by atoms with van der Waals surface area (Å²) in [6.07, 6.45) is 4.50. The lowest BCUT2D eigenvalue weighted by Crippen LogP contribution is -2.46. The third kappa shape index (κ3) is 2.28. The standard InChI is InChI=1S/C19H28O2/c1-12-16-7-5-14-11-15(21-4)6-8-17(14)18(16)9-10-19(12,3)13(2)20/h6,8,11-13,16,18,20H,5,7,9-10H2,1-4H3/t12-,13?,16-,18-,19-/m0/s1. The fraction of sp³-hybridized carbons (Fsp3) is 0.684. The molecule has 1 saturated carbocycles. The van der Waals surface area contributed by atoms with E-state index in [4.69, 9.17) is 4.74 Å². The van der Waals surface area contributed by atoms with Gasteiger partial charge in [-0.05, 0) is 79.0 Å². The van der Waals surface area contributed by atoms with Gasteiger partial charge in [0.25, 0.3) is 0 Å². The van der Waals surface area contributed by atoms with Crippen molar-refractivity contribution in [3.8, 4) is 5.75 Å². The fourth-order valence-corrected chi connectivity index (χ4v) is 4.78. The van der Waals surface area contributed by atoms with Crippen LogP contribution >= 0.6 is 0 Å². The van der Waals surface area contributed by atoms with Crippen molar-refractivity contribution in [2.75, 3.05) is 7.11 Å². The fourth-order valence-electron chi connectivity index (χ4n) is 4.78. The lowest BCUT2D eigenvalue weighted by molar-refractivity contribution is -0.0520. The Morgan fingerprint density at radius 1 is 1.33 bits per heavy atom. The molecule has 2 aliphatic rings. The minimum absolute atomic E-state index is 0.0745. The molecule has 21 heavy (non-hydrogen) atoms. The van der Waals surface area contributed by atoms with Gasteiger partial charge in [-0.2, -0.15) is 0 Å². The number of benzene rings is 1. The van der Waals surface area contributed by atoms with Crippen LogP contribution in [0.3, 0.4) is 0 Å². The molecule has 0 saturated heterocycles. The topological polar surface area (TPSA) is 29.5 Å². The van der Waals surface area contributed by atoms with Crippen LogP contribution in [0.5, 0.6) is 5.75 Å². The Bertz CT molecular complexity index is 522. The van der Waals surface area contributed by atoms with Crippen LogP contribution in [0.2, 0.25) is 0 Å². The van der Waals surface area contributed by atoms with Crippen LogP contribution in [0.4, 0.5) is 0 Å². The molecule has 0 aliphatic heterocycles. The predicted octanol–water partition coefficient (Wildman–Crippen LogP) is 4.16. The molecule has 1 aromatic rings. The molecule has 1 N–H and O–H groups in total. The number of aliphatic hydroxyl groups is 1. The van der Waals surface area contributed by atoms with E-state index in [1.54, 1.807) is 7.11 Å². The number of aliphatic hydroxyl groups excluding tert-OH is 1. The van der Waals surface area contributed by atoms with Crippen molar-refractivity contribution >= 4 is 0 Å². The van der Waals surface area contributed by atoms with Crippen molar-refractivity contribution in [1.82, 2.24) is 0 Å². The van der Waals surface area contributed by atoms with Gasteiger partial charge in [-0.3, -0.25) is 0 Å². The Morgan fingerprint density at radius 3 is 2.76 bits per heavy atom. The summed E-state index contributed by atoms with van der Waals surface area (Å²) < 4.78 is 5.37. The quantitative estimate of drug-likeness (QED) is 0.885. The Labute approximate surface area is 128 Å². The molecule has 2 heteroatoms. The maximum Gasteiger partial charge on any atom is 0.119 e. The number of hydrogen-bond donors (Lipinski definition) is 1. The zero-order valence-corrected chi connectivity index (χ0v) is 13.7. The van der Waals surface area contributed by atoms with Gasteiger partial charge in [0.15, 0.2) is 0 Å². The van der Waals surface area contributed by atoms with Crippen molar-refractivity contribution in [2.45, 2.75) is 58.5 Å². The van der Waals surface area contributed by atoms with E-state index in [1.807, 2.05) is 6.92 Å². The largest absolute Gasteiger partial charge is 0.497 e. The van der Waals surface area contributed by atoms with Crippen LogP contribution in [0.1, 0.15) is 57.1 Å². The van der Waals surface area contributed by atoms with Crippen molar-refractivity contribution in [3.63, 3.8) is 0 Å². The van der Waals surface area contributed by atoms with Gasteiger partial charge in [0.05, 0.1) is 13.2 Å². The van der Waals surface area contributed by atoms with E-state index >= 15 is 0 Å². The predicted molar refractivity (Wildman–Crippen MR) is 85.7 cm³/mol. The molecule has 0 heterocycles. The lowest BCUT2D eigenvalue weighted by Gasteiger charge is -2.52. The van der Waals surface area contributed by atoms with Crippen LogP contribution in [-0.4, -0.2) is 18.3 Å². The van der Waals surface area contributed by atoms with E-state index in [9.17, 15) is 5.11 Å². The first-order valence-electron chi connectivity index (χ1n) is 8.32.